The zero-order valence-electron chi connectivity index (χ0n) is 13.1. The van der Waals surface area contributed by atoms with Crippen LogP contribution in [0.5, 0.6) is 5.75 Å². The molecule has 0 aliphatic heterocycles. The lowest BCUT2D eigenvalue weighted by Gasteiger charge is -2.14. The van der Waals surface area contributed by atoms with Crippen molar-refractivity contribution in [2.24, 2.45) is 0 Å². The molecule has 2 aromatic heterocycles. The highest BCUT2D eigenvalue weighted by Gasteiger charge is 2.31. The summed E-state index contributed by atoms with van der Waals surface area (Å²) in [5.74, 6) is 1.20. The van der Waals surface area contributed by atoms with E-state index in [1.54, 1.807) is 19.1 Å². The highest BCUT2D eigenvalue weighted by molar-refractivity contribution is 5.58. The standard InChI is InChI=1S/C16H14F3N3O3/c1-2-23-12-6-5-10(16(17,18)19)8-11(12)20-9-14-21-15(22-25-14)13-4-3-7-24-13/h3-8,20H,2,9H2,1H3. The molecule has 25 heavy (non-hydrogen) atoms. The first-order chi connectivity index (χ1) is 12.0. The van der Waals surface area contributed by atoms with Crippen molar-refractivity contribution in [2.75, 3.05) is 11.9 Å². The number of furan rings is 1. The number of aromatic nitrogens is 2. The van der Waals surface area contributed by atoms with Crippen molar-refractivity contribution in [1.82, 2.24) is 10.1 Å². The molecule has 0 aliphatic rings. The number of halogens is 3. The predicted octanol–water partition coefficient (Wildman–Crippen LogP) is 4.36. The van der Waals surface area contributed by atoms with Crippen molar-refractivity contribution in [1.29, 1.82) is 0 Å². The summed E-state index contributed by atoms with van der Waals surface area (Å²) >= 11 is 0. The van der Waals surface area contributed by atoms with Gasteiger partial charge in [-0.1, -0.05) is 5.16 Å². The average Bonchev–Trinajstić information content (AvgIpc) is 3.24. The summed E-state index contributed by atoms with van der Waals surface area (Å²) in [7, 11) is 0. The molecule has 0 unspecified atom stereocenters. The van der Waals surface area contributed by atoms with E-state index in [9.17, 15) is 13.2 Å². The van der Waals surface area contributed by atoms with Crippen LogP contribution < -0.4 is 10.1 Å². The van der Waals surface area contributed by atoms with Crippen LogP contribution in [0.2, 0.25) is 0 Å². The Morgan fingerprint density at radius 2 is 2.08 bits per heavy atom. The van der Waals surface area contributed by atoms with Gasteiger partial charge in [0.05, 0.1) is 30.7 Å². The first kappa shape index (κ1) is 16.9. The first-order valence-corrected chi connectivity index (χ1v) is 7.41. The summed E-state index contributed by atoms with van der Waals surface area (Å²) in [6, 6.07) is 6.58. The Labute approximate surface area is 140 Å². The first-order valence-electron chi connectivity index (χ1n) is 7.41. The molecule has 132 valence electrons. The topological polar surface area (TPSA) is 73.3 Å². The molecule has 1 N–H and O–H groups in total. The minimum Gasteiger partial charge on any atom is -0.492 e. The SMILES string of the molecule is CCOc1ccc(C(F)(F)F)cc1NCc1nc(-c2ccco2)no1. The molecule has 0 radical (unpaired) electrons. The zero-order chi connectivity index (χ0) is 17.9. The smallest absolute Gasteiger partial charge is 0.416 e. The van der Waals surface area contributed by atoms with Gasteiger partial charge in [0, 0.05) is 0 Å². The van der Waals surface area contributed by atoms with Gasteiger partial charge in [0.2, 0.25) is 11.7 Å². The molecule has 0 saturated heterocycles. The van der Waals surface area contributed by atoms with E-state index in [2.05, 4.69) is 15.5 Å². The molecule has 3 rings (SSSR count). The Morgan fingerprint density at radius 3 is 2.76 bits per heavy atom. The van der Waals surface area contributed by atoms with Crippen molar-refractivity contribution < 1.29 is 26.8 Å². The average molecular weight is 353 g/mol. The molecule has 0 aliphatic carbocycles. The van der Waals surface area contributed by atoms with E-state index in [0.29, 0.717) is 18.1 Å². The summed E-state index contributed by atoms with van der Waals surface area (Å²) in [6.45, 7) is 2.10. The van der Waals surface area contributed by atoms with Crippen LogP contribution in [0.3, 0.4) is 0 Å². The van der Waals surface area contributed by atoms with Crippen molar-refractivity contribution in [3.05, 3.63) is 48.0 Å². The summed E-state index contributed by atoms with van der Waals surface area (Å²) in [5.41, 5.74) is -0.588. The number of benzene rings is 1. The summed E-state index contributed by atoms with van der Waals surface area (Å²) in [4.78, 5) is 4.12. The van der Waals surface area contributed by atoms with Crippen LogP contribution >= 0.6 is 0 Å². The van der Waals surface area contributed by atoms with Crippen LogP contribution in [-0.2, 0) is 12.7 Å². The number of ether oxygens (including phenoxy) is 1. The number of hydrogen-bond donors (Lipinski definition) is 1. The third kappa shape index (κ3) is 3.93. The van der Waals surface area contributed by atoms with Crippen LogP contribution in [0.4, 0.5) is 18.9 Å². The van der Waals surface area contributed by atoms with Gasteiger partial charge >= 0.3 is 6.18 Å². The highest BCUT2D eigenvalue weighted by atomic mass is 19.4. The van der Waals surface area contributed by atoms with E-state index >= 15 is 0 Å². The van der Waals surface area contributed by atoms with Gasteiger partial charge in [-0.25, -0.2) is 0 Å². The van der Waals surface area contributed by atoms with Crippen molar-refractivity contribution in [3.8, 4) is 17.3 Å². The van der Waals surface area contributed by atoms with Gasteiger partial charge in [-0.05, 0) is 37.3 Å². The van der Waals surface area contributed by atoms with Crippen molar-refractivity contribution in [3.63, 3.8) is 0 Å². The molecule has 2 heterocycles. The number of nitrogens with one attached hydrogen (secondary N) is 1. The lowest BCUT2D eigenvalue weighted by atomic mass is 10.1. The Morgan fingerprint density at radius 1 is 1.24 bits per heavy atom. The van der Waals surface area contributed by atoms with Crippen molar-refractivity contribution in [2.45, 2.75) is 19.6 Å². The minimum absolute atomic E-state index is 0.0368. The van der Waals surface area contributed by atoms with Gasteiger partial charge in [0.25, 0.3) is 0 Å². The maximum atomic E-state index is 12.9. The fraction of sp³-hybridized carbons (Fsp3) is 0.250. The van der Waals surface area contributed by atoms with Gasteiger partial charge in [0.1, 0.15) is 5.75 Å². The molecule has 9 heteroatoms. The number of hydrogen-bond acceptors (Lipinski definition) is 6. The normalized spacial score (nSPS) is 11.5. The van der Waals surface area contributed by atoms with Crippen LogP contribution in [0.15, 0.2) is 45.5 Å². The van der Waals surface area contributed by atoms with Gasteiger partial charge in [0.15, 0.2) is 5.76 Å². The molecule has 0 atom stereocenters. The minimum atomic E-state index is -4.45. The monoisotopic (exact) mass is 353 g/mol. The zero-order valence-corrected chi connectivity index (χ0v) is 13.1. The number of rotatable bonds is 6. The van der Waals surface area contributed by atoms with Crippen LogP contribution in [0.1, 0.15) is 18.4 Å². The fourth-order valence-electron chi connectivity index (χ4n) is 2.13. The summed E-state index contributed by atoms with van der Waals surface area (Å²) in [6.07, 6.45) is -2.97. The van der Waals surface area contributed by atoms with E-state index in [1.807, 2.05) is 0 Å². The van der Waals surface area contributed by atoms with Crippen LogP contribution in [0.25, 0.3) is 11.6 Å². The quantitative estimate of drug-likeness (QED) is 0.710. The van der Waals surface area contributed by atoms with E-state index in [1.165, 1.54) is 12.3 Å². The Kier molecular flexibility index (Phi) is 4.64. The van der Waals surface area contributed by atoms with Crippen LogP contribution in [0, 0.1) is 0 Å². The largest absolute Gasteiger partial charge is 0.492 e. The van der Waals surface area contributed by atoms with E-state index in [4.69, 9.17) is 13.7 Å². The van der Waals surface area contributed by atoms with Crippen LogP contribution in [-0.4, -0.2) is 16.7 Å². The van der Waals surface area contributed by atoms with Gasteiger partial charge < -0.3 is 19.0 Å². The lowest BCUT2D eigenvalue weighted by molar-refractivity contribution is -0.137. The molecule has 0 spiro atoms. The molecular weight excluding hydrogens is 339 g/mol. The number of anilines is 1. The summed E-state index contributed by atoms with van der Waals surface area (Å²) in [5, 5.41) is 6.59. The third-order valence-corrected chi connectivity index (χ3v) is 3.25. The molecular formula is C16H14F3N3O3. The van der Waals surface area contributed by atoms with E-state index < -0.39 is 11.7 Å². The van der Waals surface area contributed by atoms with E-state index in [-0.39, 0.29) is 23.9 Å². The lowest BCUT2D eigenvalue weighted by Crippen LogP contribution is -2.08. The second kappa shape index (κ2) is 6.88. The molecule has 0 bridgehead atoms. The number of alkyl halides is 3. The maximum absolute atomic E-state index is 12.9. The van der Waals surface area contributed by atoms with Crippen molar-refractivity contribution >= 4 is 5.69 Å². The third-order valence-electron chi connectivity index (χ3n) is 3.25. The Hall–Kier alpha value is -2.97. The molecule has 1 aromatic carbocycles. The van der Waals surface area contributed by atoms with Gasteiger partial charge in [-0.3, -0.25) is 0 Å². The van der Waals surface area contributed by atoms with Gasteiger partial charge in [-0.15, -0.1) is 0 Å². The van der Waals surface area contributed by atoms with E-state index in [0.717, 1.165) is 12.1 Å². The fourth-order valence-corrected chi connectivity index (χ4v) is 2.13. The highest BCUT2D eigenvalue weighted by Crippen LogP contribution is 2.35. The Balaban J connectivity index is 1.77. The molecule has 0 fully saturated rings. The predicted molar refractivity (Wildman–Crippen MR) is 81.9 cm³/mol. The summed E-state index contributed by atoms with van der Waals surface area (Å²) < 4.78 is 54.2. The molecule has 3 aromatic rings. The second-order valence-corrected chi connectivity index (χ2v) is 4.98. The van der Waals surface area contributed by atoms with Gasteiger partial charge in [-0.2, -0.15) is 18.2 Å². The second-order valence-electron chi connectivity index (χ2n) is 4.98. The molecule has 0 saturated carbocycles. The molecule has 6 nitrogen and oxygen atoms in total. The molecule has 0 amide bonds. The maximum Gasteiger partial charge on any atom is 0.416 e. The Bertz CT molecular complexity index is 829. The number of nitrogens with zero attached hydrogens (tertiary/aromatic N) is 2.